The first-order chi connectivity index (χ1) is 14.7. The van der Waals surface area contributed by atoms with Crippen molar-refractivity contribution in [2.45, 2.75) is 6.42 Å². The summed E-state index contributed by atoms with van der Waals surface area (Å²) in [5.41, 5.74) is 4.02. The van der Waals surface area contributed by atoms with Gasteiger partial charge in [0, 0.05) is 30.5 Å². The van der Waals surface area contributed by atoms with Crippen LogP contribution in [0.15, 0.2) is 66.9 Å². The molecule has 3 aromatic rings. The van der Waals surface area contributed by atoms with E-state index in [-0.39, 0.29) is 18.0 Å². The maximum Gasteiger partial charge on any atom is 0.163 e. The summed E-state index contributed by atoms with van der Waals surface area (Å²) < 4.78 is 5.37. The van der Waals surface area contributed by atoms with Gasteiger partial charge in [0.25, 0.3) is 0 Å². The Bertz CT molecular complexity index is 1090. The number of carbonyl (C=O) groups excluding carboxylic acids is 2. The zero-order valence-electron chi connectivity index (χ0n) is 16.7. The second-order valence-electron chi connectivity index (χ2n) is 7.29. The number of H-pyrrole nitrogens is 1. The highest BCUT2D eigenvalue weighted by atomic mass is 16.5. The van der Waals surface area contributed by atoms with Crippen LogP contribution in [0.1, 0.15) is 17.5 Å². The van der Waals surface area contributed by atoms with Gasteiger partial charge in [-0.15, -0.1) is 0 Å². The number of nitrogens with one attached hydrogen (secondary N) is 1. The molecule has 1 aromatic heterocycles. The smallest absolute Gasteiger partial charge is 0.163 e. The molecule has 0 radical (unpaired) electrons. The Morgan fingerprint density at radius 3 is 2.30 bits per heavy atom. The Morgan fingerprint density at radius 2 is 1.57 bits per heavy atom. The molecule has 5 heteroatoms. The van der Waals surface area contributed by atoms with Crippen molar-refractivity contribution in [3.8, 4) is 0 Å². The van der Waals surface area contributed by atoms with E-state index >= 15 is 0 Å². The molecule has 0 unspecified atom stereocenters. The van der Waals surface area contributed by atoms with Gasteiger partial charge in [0.05, 0.1) is 19.6 Å². The number of aromatic nitrogens is 1. The normalized spacial score (nSPS) is 14.7. The first-order valence-electron chi connectivity index (χ1n) is 10.1. The standard InChI is InChI=1S/C25H24N2O3/c28-23(9-4-19-2-7-22(8-3-19)27-13-15-30-16-14-27)18-24(29)10-5-20-1-6-21-11-12-26-25(21)17-20/h1-12,17,26H,13-16,18H2/b9-4+,10-5+. The van der Waals surface area contributed by atoms with E-state index in [1.165, 1.54) is 12.2 Å². The fraction of sp³-hybridized carbons (Fsp3) is 0.200. The van der Waals surface area contributed by atoms with Gasteiger partial charge in [0.2, 0.25) is 0 Å². The van der Waals surface area contributed by atoms with Gasteiger partial charge in [-0.2, -0.15) is 0 Å². The van der Waals surface area contributed by atoms with Gasteiger partial charge in [-0.1, -0.05) is 36.4 Å². The lowest BCUT2D eigenvalue weighted by atomic mass is 10.1. The Balaban J connectivity index is 1.29. The third-order valence-electron chi connectivity index (χ3n) is 5.12. The highest BCUT2D eigenvalue weighted by Crippen LogP contribution is 2.18. The van der Waals surface area contributed by atoms with Crippen LogP contribution < -0.4 is 4.90 Å². The maximum atomic E-state index is 12.1. The number of ketones is 2. The van der Waals surface area contributed by atoms with Gasteiger partial charge >= 0.3 is 0 Å². The molecule has 1 aliphatic rings. The fourth-order valence-corrected chi connectivity index (χ4v) is 3.45. The Morgan fingerprint density at radius 1 is 0.900 bits per heavy atom. The van der Waals surface area contributed by atoms with Crippen molar-refractivity contribution in [2.75, 3.05) is 31.2 Å². The van der Waals surface area contributed by atoms with E-state index in [0.29, 0.717) is 0 Å². The number of aromatic amines is 1. The topological polar surface area (TPSA) is 62.4 Å². The van der Waals surface area contributed by atoms with Crippen molar-refractivity contribution >= 4 is 40.3 Å². The van der Waals surface area contributed by atoms with Crippen LogP contribution in [0, 0.1) is 0 Å². The van der Waals surface area contributed by atoms with E-state index in [2.05, 4.69) is 9.88 Å². The van der Waals surface area contributed by atoms with Crippen molar-refractivity contribution in [2.24, 2.45) is 0 Å². The van der Waals surface area contributed by atoms with Crippen LogP contribution in [0.25, 0.3) is 23.1 Å². The number of benzene rings is 2. The Kier molecular flexibility index (Phi) is 6.20. The number of morpholine rings is 1. The summed E-state index contributed by atoms with van der Waals surface area (Å²) in [6.45, 7) is 3.28. The van der Waals surface area contributed by atoms with Crippen LogP contribution in [0.4, 0.5) is 5.69 Å². The fourth-order valence-electron chi connectivity index (χ4n) is 3.45. The van der Waals surface area contributed by atoms with Gasteiger partial charge in [-0.05, 0) is 52.9 Å². The SMILES string of the molecule is O=C(/C=C/c1ccc(N2CCOCC2)cc1)CC(=O)/C=C/c1ccc2cc[nH]c2c1. The Labute approximate surface area is 175 Å². The molecule has 4 rings (SSSR count). The number of allylic oxidation sites excluding steroid dienone is 2. The second kappa shape index (κ2) is 9.37. The van der Waals surface area contributed by atoms with E-state index in [1.54, 1.807) is 12.2 Å². The van der Waals surface area contributed by atoms with Crippen LogP contribution in [-0.2, 0) is 14.3 Å². The molecule has 0 aliphatic carbocycles. The summed E-state index contributed by atoms with van der Waals surface area (Å²) in [7, 11) is 0. The third kappa shape index (κ3) is 5.13. The molecule has 2 heterocycles. The monoisotopic (exact) mass is 400 g/mol. The number of carbonyl (C=O) groups is 2. The molecule has 1 saturated heterocycles. The van der Waals surface area contributed by atoms with Crippen LogP contribution in [0.5, 0.6) is 0 Å². The van der Waals surface area contributed by atoms with Gasteiger partial charge in [-0.25, -0.2) is 0 Å². The van der Waals surface area contributed by atoms with Crippen molar-refractivity contribution in [3.63, 3.8) is 0 Å². The van der Waals surface area contributed by atoms with Crippen LogP contribution in [-0.4, -0.2) is 42.9 Å². The predicted molar refractivity (Wildman–Crippen MR) is 120 cm³/mol. The first kappa shape index (κ1) is 19.9. The highest BCUT2D eigenvalue weighted by Gasteiger charge is 2.10. The van der Waals surface area contributed by atoms with Crippen molar-refractivity contribution in [1.82, 2.24) is 4.98 Å². The molecule has 30 heavy (non-hydrogen) atoms. The lowest BCUT2D eigenvalue weighted by Gasteiger charge is -2.28. The van der Waals surface area contributed by atoms with Crippen LogP contribution in [0.2, 0.25) is 0 Å². The molecule has 5 nitrogen and oxygen atoms in total. The summed E-state index contributed by atoms with van der Waals surface area (Å²) in [5.74, 6) is -0.416. The van der Waals surface area contributed by atoms with Gasteiger partial charge < -0.3 is 14.6 Å². The summed E-state index contributed by atoms with van der Waals surface area (Å²) in [5, 5.41) is 1.12. The molecule has 0 spiro atoms. The van der Waals surface area contributed by atoms with Crippen LogP contribution >= 0.6 is 0 Å². The van der Waals surface area contributed by atoms with Crippen molar-refractivity contribution in [1.29, 1.82) is 0 Å². The minimum Gasteiger partial charge on any atom is -0.378 e. The molecule has 0 amide bonds. The zero-order valence-corrected chi connectivity index (χ0v) is 16.7. The number of ether oxygens (including phenoxy) is 1. The first-order valence-corrected chi connectivity index (χ1v) is 10.1. The average molecular weight is 400 g/mol. The Hall–Kier alpha value is -3.44. The molecule has 1 N–H and O–H groups in total. The molecule has 0 bridgehead atoms. The number of nitrogens with zero attached hydrogens (tertiary/aromatic N) is 1. The number of fused-ring (bicyclic) bond motifs is 1. The molecular formula is C25H24N2O3. The van der Waals surface area contributed by atoms with Gasteiger partial charge in [0.1, 0.15) is 0 Å². The summed E-state index contributed by atoms with van der Waals surface area (Å²) in [6, 6.07) is 16.0. The lowest BCUT2D eigenvalue weighted by Crippen LogP contribution is -2.36. The zero-order chi connectivity index (χ0) is 20.8. The molecule has 0 saturated carbocycles. The van der Waals surface area contributed by atoms with Crippen molar-refractivity contribution in [3.05, 3.63) is 78.0 Å². The highest BCUT2D eigenvalue weighted by molar-refractivity contribution is 6.11. The molecular weight excluding hydrogens is 376 g/mol. The minimum atomic E-state index is -0.209. The minimum absolute atomic E-state index is 0.135. The van der Waals surface area contributed by atoms with E-state index < -0.39 is 0 Å². The summed E-state index contributed by atoms with van der Waals surface area (Å²) in [4.78, 5) is 29.7. The van der Waals surface area contributed by atoms with Gasteiger partial charge in [0.15, 0.2) is 11.6 Å². The molecule has 1 aliphatic heterocycles. The second-order valence-corrected chi connectivity index (χ2v) is 7.29. The van der Waals surface area contributed by atoms with E-state index in [1.807, 2.05) is 54.7 Å². The number of rotatable bonds is 7. The molecule has 0 atom stereocenters. The molecule has 1 fully saturated rings. The van der Waals surface area contributed by atoms with Gasteiger partial charge in [-0.3, -0.25) is 9.59 Å². The number of anilines is 1. The number of hydrogen-bond acceptors (Lipinski definition) is 4. The third-order valence-corrected chi connectivity index (χ3v) is 5.12. The van der Waals surface area contributed by atoms with E-state index in [0.717, 1.165) is 54.0 Å². The quantitative estimate of drug-likeness (QED) is 0.476. The average Bonchev–Trinajstić information content (AvgIpc) is 3.25. The largest absolute Gasteiger partial charge is 0.378 e. The van der Waals surface area contributed by atoms with E-state index in [4.69, 9.17) is 4.74 Å². The van der Waals surface area contributed by atoms with Crippen molar-refractivity contribution < 1.29 is 14.3 Å². The van der Waals surface area contributed by atoms with E-state index in [9.17, 15) is 9.59 Å². The summed E-state index contributed by atoms with van der Waals surface area (Å²) >= 11 is 0. The maximum absolute atomic E-state index is 12.1. The summed E-state index contributed by atoms with van der Waals surface area (Å²) in [6.07, 6.45) is 8.17. The molecule has 2 aromatic carbocycles. The predicted octanol–water partition coefficient (Wildman–Crippen LogP) is 4.26. The molecule has 152 valence electrons. The lowest BCUT2D eigenvalue weighted by molar-refractivity contribution is -0.121. The number of hydrogen-bond donors (Lipinski definition) is 1. The van der Waals surface area contributed by atoms with Crippen LogP contribution in [0.3, 0.4) is 0 Å².